The van der Waals surface area contributed by atoms with E-state index >= 15 is 0 Å². The van der Waals surface area contributed by atoms with Crippen LogP contribution in [0.4, 0.5) is 0 Å². The lowest BCUT2D eigenvalue weighted by Crippen LogP contribution is -2.44. The van der Waals surface area contributed by atoms with E-state index in [1.807, 2.05) is 0 Å². The van der Waals surface area contributed by atoms with E-state index in [4.69, 9.17) is 4.74 Å². The van der Waals surface area contributed by atoms with Gasteiger partial charge >= 0.3 is 0 Å². The van der Waals surface area contributed by atoms with Crippen molar-refractivity contribution in [1.29, 1.82) is 0 Å². The molecule has 9 heavy (non-hydrogen) atoms. The Morgan fingerprint density at radius 2 is 2.11 bits per heavy atom. The number of likely N-dealkylation sites (N-methyl/N-ethyl adjacent to an activating group) is 1. The van der Waals surface area contributed by atoms with Crippen molar-refractivity contribution in [1.82, 2.24) is 4.90 Å². The second-order valence-corrected chi connectivity index (χ2v) is 2.93. The van der Waals surface area contributed by atoms with Crippen LogP contribution in [0.3, 0.4) is 0 Å². The van der Waals surface area contributed by atoms with Crippen LogP contribution >= 0.6 is 0 Å². The van der Waals surface area contributed by atoms with Crippen molar-refractivity contribution in [2.75, 3.05) is 20.2 Å². The number of nitrogens with zero attached hydrogens (tertiary/aromatic N) is 1. The van der Waals surface area contributed by atoms with E-state index in [-0.39, 0.29) is 0 Å². The lowest BCUT2D eigenvalue weighted by Gasteiger charge is -2.33. The highest BCUT2D eigenvalue weighted by atomic mass is 16.5. The molecule has 0 aromatic carbocycles. The van der Waals surface area contributed by atoms with Crippen LogP contribution in [0.25, 0.3) is 0 Å². The molecule has 0 unspecified atom stereocenters. The molecular weight excluding hydrogens is 114 g/mol. The standard InChI is InChI=1S/C7H15NO/c1-6-5-9-7(2)4-8(6)3/h6-7H,4-5H2,1-3H3/t6-,7+/m1/s1. The summed E-state index contributed by atoms with van der Waals surface area (Å²) in [5, 5.41) is 0. The average molecular weight is 129 g/mol. The van der Waals surface area contributed by atoms with Gasteiger partial charge in [-0.2, -0.15) is 0 Å². The van der Waals surface area contributed by atoms with E-state index in [0.717, 1.165) is 13.2 Å². The van der Waals surface area contributed by atoms with Crippen molar-refractivity contribution in [3.8, 4) is 0 Å². The van der Waals surface area contributed by atoms with Crippen molar-refractivity contribution in [2.24, 2.45) is 0 Å². The van der Waals surface area contributed by atoms with Gasteiger partial charge in [-0.3, -0.25) is 4.90 Å². The Labute approximate surface area is 56.8 Å². The van der Waals surface area contributed by atoms with Crippen LogP contribution < -0.4 is 0 Å². The molecule has 1 saturated heterocycles. The van der Waals surface area contributed by atoms with E-state index < -0.39 is 0 Å². The van der Waals surface area contributed by atoms with Gasteiger partial charge in [-0.25, -0.2) is 0 Å². The van der Waals surface area contributed by atoms with Crippen LogP contribution in [0.15, 0.2) is 0 Å². The molecule has 0 aromatic heterocycles. The third kappa shape index (κ3) is 1.66. The predicted molar refractivity (Wildman–Crippen MR) is 37.5 cm³/mol. The third-order valence-electron chi connectivity index (χ3n) is 1.92. The number of morpholine rings is 1. The van der Waals surface area contributed by atoms with E-state index in [2.05, 4.69) is 25.8 Å². The molecule has 54 valence electrons. The topological polar surface area (TPSA) is 12.5 Å². The SMILES string of the molecule is C[C@@H]1CO[C@@H](C)CN1C. The van der Waals surface area contributed by atoms with E-state index in [0.29, 0.717) is 12.1 Å². The number of ether oxygens (including phenoxy) is 1. The summed E-state index contributed by atoms with van der Waals surface area (Å²) < 4.78 is 5.42. The van der Waals surface area contributed by atoms with Gasteiger partial charge in [0.15, 0.2) is 0 Å². The van der Waals surface area contributed by atoms with Gasteiger partial charge in [0, 0.05) is 12.6 Å². The van der Waals surface area contributed by atoms with Gasteiger partial charge in [0.05, 0.1) is 12.7 Å². The first kappa shape index (κ1) is 7.03. The fraction of sp³-hybridized carbons (Fsp3) is 1.00. The molecule has 1 heterocycles. The second kappa shape index (κ2) is 2.67. The first-order valence-corrected chi connectivity index (χ1v) is 3.52. The number of hydrogen-bond donors (Lipinski definition) is 0. The maximum Gasteiger partial charge on any atom is 0.0674 e. The molecule has 1 aliphatic rings. The average Bonchev–Trinajstić information content (AvgIpc) is 1.80. The Morgan fingerprint density at radius 1 is 1.44 bits per heavy atom. The fourth-order valence-electron chi connectivity index (χ4n) is 1.07. The molecule has 1 fully saturated rings. The maximum absolute atomic E-state index is 5.42. The molecule has 2 heteroatoms. The zero-order valence-corrected chi connectivity index (χ0v) is 6.42. The minimum Gasteiger partial charge on any atom is -0.376 e. The zero-order valence-electron chi connectivity index (χ0n) is 6.42. The first-order valence-electron chi connectivity index (χ1n) is 3.52. The van der Waals surface area contributed by atoms with Crippen molar-refractivity contribution in [3.63, 3.8) is 0 Å². The molecule has 0 saturated carbocycles. The largest absolute Gasteiger partial charge is 0.376 e. The zero-order chi connectivity index (χ0) is 6.85. The third-order valence-corrected chi connectivity index (χ3v) is 1.92. The Balaban J connectivity index is 2.35. The summed E-state index contributed by atoms with van der Waals surface area (Å²) in [5.41, 5.74) is 0. The maximum atomic E-state index is 5.42. The molecule has 0 aliphatic carbocycles. The Morgan fingerprint density at radius 3 is 2.56 bits per heavy atom. The molecule has 0 spiro atoms. The lowest BCUT2D eigenvalue weighted by atomic mass is 10.2. The molecule has 2 atom stereocenters. The van der Waals surface area contributed by atoms with Crippen LogP contribution in [0, 0.1) is 0 Å². The smallest absolute Gasteiger partial charge is 0.0674 e. The molecule has 1 aliphatic heterocycles. The molecule has 0 bridgehead atoms. The molecule has 0 aromatic rings. The highest BCUT2D eigenvalue weighted by molar-refractivity contribution is 4.71. The highest BCUT2D eigenvalue weighted by Crippen LogP contribution is 2.07. The van der Waals surface area contributed by atoms with Crippen molar-refractivity contribution in [3.05, 3.63) is 0 Å². The predicted octanol–water partition coefficient (Wildman–Crippen LogP) is 0.725. The quantitative estimate of drug-likeness (QED) is 0.478. The Hall–Kier alpha value is -0.0800. The number of rotatable bonds is 0. The summed E-state index contributed by atoms with van der Waals surface area (Å²) in [6, 6.07) is 0.598. The summed E-state index contributed by atoms with van der Waals surface area (Å²) in [5.74, 6) is 0. The van der Waals surface area contributed by atoms with Crippen LogP contribution in [-0.4, -0.2) is 37.2 Å². The van der Waals surface area contributed by atoms with Crippen molar-refractivity contribution < 1.29 is 4.74 Å². The van der Waals surface area contributed by atoms with Crippen LogP contribution in [0.2, 0.25) is 0 Å². The second-order valence-electron chi connectivity index (χ2n) is 2.93. The van der Waals surface area contributed by atoms with Gasteiger partial charge < -0.3 is 4.74 Å². The molecule has 0 radical (unpaired) electrons. The number of hydrogen-bond acceptors (Lipinski definition) is 2. The molecule has 2 nitrogen and oxygen atoms in total. The molecule has 1 rings (SSSR count). The van der Waals surface area contributed by atoms with Gasteiger partial charge in [0.2, 0.25) is 0 Å². The van der Waals surface area contributed by atoms with Gasteiger partial charge in [0.25, 0.3) is 0 Å². The summed E-state index contributed by atoms with van der Waals surface area (Å²) in [4.78, 5) is 2.33. The van der Waals surface area contributed by atoms with Crippen LogP contribution in [0.1, 0.15) is 13.8 Å². The van der Waals surface area contributed by atoms with E-state index in [1.165, 1.54) is 0 Å². The Kier molecular flexibility index (Phi) is 2.09. The normalized spacial score (nSPS) is 39.0. The minimum absolute atomic E-state index is 0.422. The Bertz CT molecular complexity index is 94.9. The monoisotopic (exact) mass is 129 g/mol. The fourth-order valence-corrected chi connectivity index (χ4v) is 1.07. The van der Waals surface area contributed by atoms with Gasteiger partial charge in [-0.15, -0.1) is 0 Å². The summed E-state index contributed by atoms with van der Waals surface area (Å²) in [7, 11) is 2.14. The first-order chi connectivity index (χ1) is 4.20. The molecule has 0 amide bonds. The van der Waals surface area contributed by atoms with Gasteiger partial charge in [-0.05, 0) is 20.9 Å². The summed E-state index contributed by atoms with van der Waals surface area (Å²) in [6.45, 7) is 6.26. The summed E-state index contributed by atoms with van der Waals surface area (Å²) in [6.07, 6.45) is 0.422. The lowest BCUT2D eigenvalue weighted by molar-refractivity contribution is -0.0388. The minimum atomic E-state index is 0.422. The van der Waals surface area contributed by atoms with E-state index in [1.54, 1.807) is 0 Å². The highest BCUT2D eigenvalue weighted by Gasteiger charge is 2.18. The molecular formula is C7H15NO. The molecule has 0 N–H and O–H groups in total. The van der Waals surface area contributed by atoms with Crippen LogP contribution in [0.5, 0.6) is 0 Å². The van der Waals surface area contributed by atoms with Crippen molar-refractivity contribution in [2.45, 2.75) is 26.0 Å². The van der Waals surface area contributed by atoms with E-state index in [9.17, 15) is 0 Å². The summed E-state index contributed by atoms with van der Waals surface area (Å²) >= 11 is 0. The van der Waals surface area contributed by atoms with Crippen molar-refractivity contribution >= 4 is 0 Å². The van der Waals surface area contributed by atoms with Crippen LogP contribution in [-0.2, 0) is 4.74 Å². The van der Waals surface area contributed by atoms with Gasteiger partial charge in [0.1, 0.15) is 0 Å². The van der Waals surface area contributed by atoms with Gasteiger partial charge in [-0.1, -0.05) is 0 Å².